The molecule has 3 rings (SSSR count). The van der Waals surface area contributed by atoms with Crippen molar-refractivity contribution < 1.29 is 23.0 Å². The van der Waals surface area contributed by atoms with Gasteiger partial charge in [-0.2, -0.15) is 13.9 Å². The zero-order chi connectivity index (χ0) is 19.9. The molecule has 0 bridgehead atoms. The van der Waals surface area contributed by atoms with Crippen molar-refractivity contribution in [3.8, 4) is 22.8 Å². The third-order valence-corrected chi connectivity index (χ3v) is 4.04. The van der Waals surface area contributed by atoms with E-state index < -0.39 is 6.61 Å². The molecule has 0 aliphatic carbocycles. The van der Waals surface area contributed by atoms with Gasteiger partial charge in [0.15, 0.2) is 11.5 Å². The van der Waals surface area contributed by atoms with Crippen molar-refractivity contribution in [3.05, 3.63) is 65.9 Å². The van der Waals surface area contributed by atoms with Crippen LogP contribution >= 0.6 is 0 Å². The molecule has 28 heavy (non-hydrogen) atoms. The van der Waals surface area contributed by atoms with Crippen LogP contribution in [0.1, 0.15) is 16.1 Å². The van der Waals surface area contributed by atoms with Crippen LogP contribution in [0.5, 0.6) is 11.5 Å². The second-order valence-corrected chi connectivity index (χ2v) is 5.90. The first-order chi connectivity index (χ1) is 13.6. The first-order valence-corrected chi connectivity index (χ1v) is 8.57. The van der Waals surface area contributed by atoms with Crippen LogP contribution in [0.15, 0.2) is 54.6 Å². The lowest BCUT2D eigenvalue weighted by atomic mass is 10.1. The molecule has 1 heterocycles. The second kappa shape index (κ2) is 8.98. The molecule has 1 amide bonds. The predicted octanol–water partition coefficient (Wildman–Crippen LogP) is 3.66. The minimum atomic E-state index is -2.92. The number of nitrogens with zero attached hydrogens (tertiary/aromatic N) is 1. The zero-order valence-corrected chi connectivity index (χ0v) is 15.1. The fourth-order valence-electron chi connectivity index (χ4n) is 2.67. The quantitative estimate of drug-likeness (QED) is 0.619. The van der Waals surface area contributed by atoms with Gasteiger partial charge in [-0.3, -0.25) is 9.89 Å². The highest BCUT2D eigenvalue weighted by Gasteiger charge is 2.13. The lowest BCUT2D eigenvalue weighted by Gasteiger charge is -2.11. The number of hydrogen-bond acceptors (Lipinski definition) is 4. The minimum Gasteiger partial charge on any atom is -0.493 e. The summed E-state index contributed by atoms with van der Waals surface area (Å²) < 4.78 is 34.2. The Morgan fingerprint density at radius 2 is 1.93 bits per heavy atom. The van der Waals surface area contributed by atoms with Gasteiger partial charge in [0.2, 0.25) is 0 Å². The summed E-state index contributed by atoms with van der Waals surface area (Å²) in [6.45, 7) is -2.56. The summed E-state index contributed by atoms with van der Waals surface area (Å²) in [5.41, 5.74) is 2.77. The van der Waals surface area contributed by atoms with E-state index in [0.717, 1.165) is 11.1 Å². The maximum Gasteiger partial charge on any atom is 0.387 e. The molecule has 2 N–H and O–H groups in total. The first-order valence-electron chi connectivity index (χ1n) is 8.57. The summed E-state index contributed by atoms with van der Waals surface area (Å²) in [6.07, 6.45) is 0.497. The first kappa shape index (κ1) is 19.3. The molecular weight excluding hydrogens is 368 g/mol. The van der Waals surface area contributed by atoms with E-state index in [9.17, 15) is 13.6 Å². The highest BCUT2D eigenvalue weighted by molar-refractivity contribution is 5.93. The number of H-pyrrole nitrogens is 1. The van der Waals surface area contributed by atoms with Gasteiger partial charge in [0, 0.05) is 12.1 Å². The molecule has 0 unspecified atom stereocenters. The van der Waals surface area contributed by atoms with Crippen LogP contribution in [-0.2, 0) is 6.42 Å². The van der Waals surface area contributed by atoms with Gasteiger partial charge in [-0.1, -0.05) is 36.4 Å². The average molecular weight is 387 g/mol. The van der Waals surface area contributed by atoms with Crippen LogP contribution in [0.4, 0.5) is 8.78 Å². The van der Waals surface area contributed by atoms with Crippen LogP contribution in [0.2, 0.25) is 0 Å². The summed E-state index contributed by atoms with van der Waals surface area (Å²) in [5.74, 6) is -0.0966. The van der Waals surface area contributed by atoms with Gasteiger partial charge in [-0.05, 0) is 30.2 Å². The Labute approximate surface area is 160 Å². The number of benzene rings is 2. The molecule has 0 aliphatic heterocycles. The number of methoxy groups -OCH3 is 1. The number of hydrogen-bond donors (Lipinski definition) is 2. The molecule has 0 atom stereocenters. The third-order valence-electron chi connectivity index (χ3n) is 4.04. The molecule has 0 saturated carbocycles. The van der Waals surface area contributed by atoms with Gasteiger partial charge < -0.3 is 14.8 Å². The molecular formula is C20H19F2N3O3. The molecule has 146 valence electrons. The van der Waals surface area contributed by atoms with Gasteiger partial charge in [-0.25, -0.2) is 0 Å². The number of halogens is 2. The topological polar surface area (TPSA) is 76.2 Å². The summed E-state index contributed by atoms with van der Waals surface area (Å²) in [7, 11) is 1.38. The van der Waals surface area contributed by atoms with Crippen molar-refractivity contribution >= 4 is 5.91 Å². The Morgan fingerprint density at radius 3 is 2.64 bits per heavy atom. The number of nitrogens with one attached hydrogen (secondary N) is 2. The average Bonchev–Trinajstić information content (AvgIpc) is 3.19. The Morgan fingerprint density at radius 1 is 1.14 bits per heavy atom. The number of rotatable bonds is 8. The van der Waals surface area contributed by atoms with Crippen LogP contribution in [0.3, 0.4) is 0 Å². The summed E-state index contributed by atoms with van der Waals surface area (Å²) in [4.78, 5) is 12.3. The SMILES string of the molecule is COc1cc(CCNC(=O)c2cc(-c3ccccc3)n[nH]2)ccc1OC(F)F. The number of carbonyl (C=O) groups excluding carboxylic acids is 1. The van der Waals surface area contributed by atoms with Crippen molar-refractivity contribution in [2.75, 3.05) is 13.7 Å². The number of aromatic amines is 1. The van der Waals surface area contributed by atoms with Gasteiger partial charge in [0.1, 0.15) is 5.69 Å². The van der Waals surface area contributed by atoms with Gasteiger partial charge in [0.25, 0.3) is 5.91 Å². The lowest BCUT2D eigenvalue weighted by Crippen LogP contribution is -2.26. The van der Waals surface area contributed by atoms with E-state index in [1.165, 1.54) is 13.2 Å². The number of carbonyl (C=O) groups is 1. The van der Waals surface area contributed by atoms with Crippen LogP contribution in [-0.4, -0.2) is 36.4 Å². The fourth-order valence-corrected chi connectivity index (χ4v) is 2.67. The molecule has 0 radical (unpaired) electrons. The van der Waals surface area contributed by atoms with E-state index in [0.29, 0.717) is 24.4 Å². The molecule has 6 nitrogen and oxygen atoms in total. The van der Waals surface area contributed by atoms with Crippen LogP contribution < -0.4 is 14.8 Å². The zero-order valence-electron chi connectivity index (χ0n) is 15.1. The minimum absolute atomic E-state index is 0.0313. The van der Waals surface area contributed by atoms with E-state index in [1.807, 2.05) is 30.3 Å². The van der Waals surface area contributed by atoms with E-state index in [2.05, 4.69) is 20.3 Å². The highest BCUT2D eigenvalue weighted by Crippen LogP contribution is 2.29. The number of amides is 1. The normalized spacial score (nSPS) is 10.7. The van der Waals surface area contributed by atoms with E-state index in [4.69, 9.17) is 4.74 Å². The largest absolute Gasteiger partial charge is 0.493 e. The standard InChI is InChI=1S/C20H19F2N3O3/c1-27-18-11-13(7-8-17(18)28-20(21)22)9-10-23-19(26)16-12-15(24-25-16)14-5-3-2-4-6-14/h2-8,11-12,20H,9-10H2,1H3,(H,23,26)(H,24,25). The molecule has 0 aliphatic rings. The van der Waals surface area contributed by atoms with Gasteiger partial charge in [-0.15, -0.1) is 0 Å². The molecule has 2 aromatic carbocycles. The van der Waals surface area contributed by atoms with Gasteiger partial charge in [0.05, 0.1) is 12.8 Å². The van der Waals surface area contributed by atoms with Crippen LogP contribution in [0, 0.1) is 0 Å². The Balaban J connectivity index is 1.56. The fraction of sp³-hybridized carbons (Fsp3) is 0.200. The lowest BCUT2D eigenvalue weighted by molar-refractivity contribution is -0.0512. The van der Waals surface area contributed by atoms with Crippen molar-refractivity contribution in [1.29, 1.82) is 0 Å². The van der Waals surface area contributed by atoms with Crippen molar-refractivity contribution in [1.82, 2.24) is 15.5 Å². The number of alkyl halides is 2. The maximum absolute atomic E-state index is 12.4. The smallest absolute Gasteiger partial charge is 0.387 e. The monoisotopic (exact) mass is 387 g/mol. The predicted molar refractivity (Wildman–Crippen MR) is 99.7 cm³/mol. The summed E-state index contributed by atoms with van der Waals surface area (Å²) in [5, 5.41) is 9.67. The molecule has 8 heteroatoms. The third kappa shape index (κ3) is 4.85. The van der Waals surface area contributed by atoms with E-state index in [1.54, 1.807) is 18.2 Å². The summed E-state index contributed by atoms with van der Waals surface area (Å²) in [6, 6.07) is 15.9. The van der Waals surface area contributed by atoms with E-state index in [-0.39, 0.29) is 17.4 Å². The van der Waals surface area contributed by atoms with Crippen molar-refractivity contribution in [3.63, 3.8) is 0 Å². The maximum atomic E-state index is 12.4. The molecule has 3 aromatic rings. The second-order valence-electron chi connectivity index (χ2n) is 5.90. The Bertz CT molecular complexity index is 929. The van der Waals surface area contributed by atoms with Crippen LogP contribution in [0.25, 0.3) is 11.3 Å². The Hall–Kier alpha value is -3.42. The summed E-state index contributed by atoms with van der Waals surface area (Å²) >= 11 is 0. The molecule has 0 spiro atoms. The highest BCUT2D eigenvalue weighted by atomic mass is 19.3. The van der Waals surface area contributed by atoms with Gasteiger partial charge >= 0.3 is 6.61 Å². The van der Waals surface area contributed by atoms with E-state index >= 15 is 0 Å². The van der Waals surface area contributed by atoms with Crippen molar-refractivity contribution in [2.24, 2.45) is 0 Å². The molecule has 1 aromatic heterocycles. The number of aromatic nitrogens is 2. The van der Waals surface area contributed by atoms with Crippen molar-refractivity contribution in [2.45, 2.75) is 13.0 Å². The molecule has 0 fully saturated rings. The number of ether oxygens (including phenoxy) is 2. The Kier molecular flexibility index (Phi) is 6.21. The molecule has 0 saturated heterocycles.